The van der Waals surface area contributed by atoms with Crippen molar-refractivity contribution in [3.05, 3.63) is 39.8 Å². The van der Waals surface area contributed by atoms with E-state index >= 15 is 0 Å². The Labute approximate surface area is 145 Å². The summed E-state index contributed by atoms with van der Waals surface area (Å²) < 4.78 is 0.00181. The fourth-order valence-corrected chi connectivity index (χ4v) is 3.47. The molecule has 0 spiro atoms. The largest absolute Gasteiger partial charge is 0.481 e. The highest BCUT2D eigenvalue weighted by Crippen LogP contribution is 2.35. The van der Waals surface area contributed by atoms with E-state index in [-0.39, 0.29) is 9.23 Å². The number of carbonyl (C=O) groups excluding carboxylic acids is 1. The van der Waals surface area contributed by atoms with Gasteiger partial charge < -0.3 is 10.2 Å². The molecule has 2 N–H and O–H groups in total. The van der Waals surface area contributed by atoms with Crippen molar-refractivity contribution in [2.24, 2.45) is 0 Å². The normalized spacial score (nSPS) is 17.6. The molecule has 6 nitrogen and oxygen atoms in total. The monoisotopic (exact) mass is 371 g/mol. The third-order valence-corrected chi connectivity index (χ3v) is 4.65. The first-order valence-electron chi connectivity index (χ1n) is 6.27. The van der Waals surface area contributed by atoms with Crippen molar-refractivity contribution in [2.75, 3.05) is 0 Å². The number of thioether (sulfide) groups is 1. The van der Waals surface area contributed by atoms with Crippen molar-refractivity contribution in [2.45, 2.75) is 12.5 Å². The Bertz CT molecular complexity index is 734. The van der Waals surface area contributed by atoms with Gasteiger partial charge in [-0.3, -0.25) is 14.5 Å². The number of carboxylic acid groups (broad SMARTS) is 2. The molecule has 0 aromatic heterocycles. The SMILES string of the molecule is O=C(O)CC(C(=O)O)N1C(=O)/C(=C\c2ccccc2Cl)SC1=S. The summed E-state index contributed by atoms with van der Waals surface area (Å²) in [4.78, 5) is 35.5. The molecule has 1 amide bonds. The molecule has 120 valence electrons. The van der Waals surface area contributed by atoms with E-state index in [0.29, 0.717) is 10.6 Å². The molecule has 0 bridgehead atoms. The van der Waals surface area contributed by atoms with Gasteiger partial charge in [0.05, 0.1) is 11.3 Å². The number of hydrogen-bond donors (Lipinski definition) is 2. The van der Waals surface area contributed by atoms with Crippen LogP contribution in [0.15, 0.2) is 29.2 Å². The van der Waals surface area contributed by atoms with E-state index in [2.05, 4.69) is 0 Å². The van der Waals surface area contributed by atoms with Crippen molar-refractivity contribution in [3.8, 4) is 0 Å². The number of nitrogens with zero attached hydrogens (tertiary/aromatic N) is 1. The molecule has 1 fully saturated rings. The average Bonchev–Trinajstić information content (AvgIpc) is 2.73. The van der Waals surface area contributed by atoms with Gasteiger partial charge in [-0.1, -0.05) is 53.8 Å². The molecule has 9 heteroatoms. The quantitative estimate of drug-likeness (QED) is 0.606. The van der Waals surface area contributed by atoms with Gasteiger partial charge >= 0.3 is 11.9 Å². The number of thiocarbonyl (C=S) groups is 1. The minimum Gasteiger partial charge on any atom is -0.481 e. The molecule has 2 rings (SSSR count). The zero-order chi connectivity index (χ0) is 17.1. The number of benzene rings is 1. The second-order valence-corrected chi connectivity index (χ2v) is 6.61. The minimum absolute atomic E-state index is 0.00181. The van der Waals surface area contributed by atoms with Crippen LogP contribution in [0.2, 0.25) is 5.02 Å². The summed E-state index contributed by atoms with van der Waals surface area (Å²) in [6.45, 7) is 0. The molecule has 1 heterocycles. The van der Waals surface area contributed by atoms with Crippen LogP contribution < -0.4 is 0 Å². The van der Waals surface area contributed by atoms with Crippen LogP contribution in [0.3, 0.4) is 0 Å². The highest BCUT2D eigenvalue weighted by Gasteiger charge is 2.41. The molecule has 0 saturated carbocycles. The highest BCUT2D eigenvalue weighted by atomic mass is 35.5. The second-order valence-electron chi connectivity index (χ2n) is 4.53. The fraction of sp³-hybridized carbons (Fsp3) is 0.143. The lowest BCUT2D eigenvalue weighted by Crippen LogP contribution is -2.45. The summed E-state index contributed by atoms with van der Waals surface area (Å²) in [5.41, 5.74) is 0.583. The van der Waals surface area contributed by atoms with Crippen LogP contribution >= 0.6 is 35.6 Å². The van der Waals surface area contributed by atoms with E-state index in [4.69, 9.17) is 28.9 Å². The molecular weight excluding hydrogens is 362 g/mol. The maximum Gasteiger partial charge on any atom is 0.327 e. The van der Waals surface area contributed by atoms with Crippen molar-refractivity contribution >= 4 is 63.8 Å². The van der Waals surface area contributed by atoms with E-state index in [1.54, 1.807) is 24.3 Å². The van der Waals surface area contributed by atoms with Gasteiger partial charge in [-0.15, -0.1) is 0 Å². The van der Waals surface area contributed by atoms with Crippen LogP contribution in [0.1, 0.15) is 12.0 Å². The average molecular weight is 372 g/mol. The second kappa shape index (κ2) is 7.12. The number of rotatable bonds is 5. The fourth-order valence-electron chi connectivity index (χ4n) is 1.94. The topological polar surface area (TPSA) is 94.9 Å². The summed E-state index contributed by atoms with van der Waals surface area (Å²) >= 11 is 12.0. The Morgan fingerprint density at radius 3 is 2.57 bits per heavy atom. The van der Waals surface area contributed by atoms with Crippen molar-refractivity contribution in [1.82, 2.24) is 4.90 Å². The Morgan fingerprint density at radius 1 is 1.35 bits per heavy atom. The zero-order valence-corrected chi connectivity index (χ0v) is 13.8. The maximum absolute atomic E-state index is 12.4. The number of halogens is 1. The van der Waals surface area contributed by atoms with Crippen LogP contribution in [-0.2, 0) is 14.4 Å². The van der Waals surface area contributed by atoms with Gasteiger partial charge in [0, 0.05) is 5.02 Å². The molecule has 1 atom stereocenters. The van der Waals surface area contributed by atoms with Crippen LogP contribution in [-0.4, -0.2) is 43.3 Å². The summed E-state index contributed by atoms with van der Waals surface area (Å²) in [5, 5.41) is 18.4. The smallest absolute Gasteiger partial charge is 0.327 e. The van der Waals surface area contributed by atoms with Gasteiger partial charge in [0.25, 0.3) is 5.91 Å². The molecule has 1 aliphatic heterocycles. The minimum atomic E-state index is -1.54. The molecule has 1 unspecified atom stereocenters. The Morgan fingerprint density at radius 2 is 2.00 bits per heavy atom. The van der Waals surface area contributed by atoms with E-state index < -0.39 is 30.3 Å². The van der Waals surface area contributed by atoms with Gasteiger partial charge in [-0.25, -0.2) is 4.79 Å². The van der Waals surface area contributed by atoms with E-state index in [1.165, 1.54) is 6.08 Å². The van der Waals surface area contributed by atoms with Gasteiger partial charge in [0.2, 0.25) is 0 Å². The van der Waals surface area contributed by atoms with Gasteiger partial charge in [0.15, 0.2) is 0 Å². The van der Waals surface area contributed by atoms with Gasteiger partial charge in [0.1, 0.15) is 10.4 Å². The third kappa shape index (κ3) is 3.90. The Kier molecular flexibility index (Phi) is 5.40. The molecule has 0 radical (unpaired) electrons. The van der Waals surface area contributed by atoms with Crippen molar-refractivity contribution in [3.63, 3.8) is 0 Å². The van der Waals surface area contributed by atoms with Gasteiger partial charge in [-0.05, 0) is 17.7 Å². The standard InChI is InChI=1S/C14H10ClNO5S2/c15-8-4-2-1-3-7(8)5-10-12(19)16(14(22)23-10)9(13(20)21)6-11(17)18/h1-5,9H,6H2,(H,17,18)(H,20,21)/b10-5+. The molecule has 1 aromatic rings. The van der Waals surface area contributed by atoms with Crippen molar-refractivity contribution < 1.29 is 24.6 Å². The molecule has 1 saturated heterocycles. The number of hydrogen-bond acceptors (Lipinski definition) is 5. The van der Waals surface area contributed by atoms with Crippen LogP contribution in [0.25, 0.3) is 6.08 Å². The Balaban J connectivity index is 2.34. The molecule has 1 aromatic carbocycles. The number of carboxylic acids is 2. The predicted molar refractivity (Wildman–Crippen MR) is 90.1 cm³/mol. The molecule has 23 heavy (non-hydrogen) atoms. The van der Waals surface area contributed by atoms with Crippen molar-refractivity contribution in [1.29, 1.82) is 0 Å². The molecule has 1 aliphatic rings. The Hall–Kier alpha value is -1.90. The number of amides is 1. The molecular formula is C14H10ClNO5S2. The summed E-state index contributed by atoms with van der Waals surface area (Å²) in [7, 11) is 0. The number of carbonyl (C=O) groups is 3. The summed E-state index contributed by atoms with van der Waals surface area (Å²) in [6, 6.07) is 5.28. The van der Waals surface area contributed by atoms with Crippen LogP contribution in [0.4, 0.5) is 0 Å². The summed E-state index contributed by atoms with van der Waals surface area (Å²) in [5.74, 6) is -3.40. The van der Waals surface area contributed by atoms with E-state index in [0.717, 1.165) is 16.7 Å². The number of aliphatic carboxylic acids is 2. The van der Waals surface area contributed by atoms with E-state index in [1.807, 2.05) is 0 Å². The highest BCUT2D eigenvalue weighted by molar-refractivity contribution is 8.26. The lowest BCUT2D eigenvalue weighted by atomic mass is 10.1. The molecule has 0 aliphatic carbocycles. The first-order chi connectivity index (χ1) is 10.8. The van der Waals surface area contributed by atoms with Crippen LogP contribution in [0.5, 0.6) is 0 Å². The zero-order valence-electron chi connectivity index (χ0n) is 11.4. The lowest BCUT2D eigenvalue weighted by molar-refractivity contribution is -0.150. The predicted octanol–water partition coefficient (Wildman–Crippen LogP) is 2.47. The van der Waals surface area contributed by atoms with E-state index in [9.17, 15) is 19.5 Å². The van der Waals surface area contributed by atoms with Crippen LogP contribution in [0, 0.1) is 0 Å². The van der Waals surface area contributed by atoms with Gasteiger partial charge in [-0.2, -0.15) is 0 Å². The summed E-state index contributed by atoms with van der Waals surface area (Å²) in [6.07, 6.45) is 0.766. The maximum atomic E-state index is 12.4. The lowest BCUT2D eigenvalue weighted by Gasteiger charge is -2.21. The first kappa shape index (κ1) is 17.5. The first-order valence-corrected chi connectivity index (χ1v) is 7.87. The third-order valence-electron chi connectivity index (χ3n) is 2.98.